The van der Waals surface area contributed by atoms with Crippen molar-refractivity contribution in [2.75, 3.05) is 31.3 Å². The van der Waals surface area contributed by atoms with Crippen LogP contribution in [0.25, 0.3) is 0 Å². The topological polar surface area (TPSA) is 52.6 Å². The van der Waals surface area contributed by atoms with Crippen LogP contribution in [-0.4, -0.2) is 39.7 Å². The van der Waals surface area contributed by atoms with Gasteiger partial charge in [0.2, 0.25) is 0 Å². The lowest BCUT2D eigenvalue weighted by atomic mass is 9.96. The van der Waals surface area contributed by atoms with Crippen molar-refractivity contribution in [1.29, 1.82) is 0 Å². The second-order valence-electron chi connectivity index (χ2n) is 9.97. The van der Waals surface area contributed by atoms with Gasteiger partial charge in [-0.2, -0.15) is 0 Å². The standard InChI is InChI=1S/C23H35FO4S/c1-23(2,3)16-27-11-4-12-29(25,26)15-20(18-7-8-18)19-9-10-21(24)22(13-19)28-14-17-5-6-17/h9-10,13,17-18,20H,4-8,11-12,14-16H2,1-3H3/t20-/m1/s1. The molecule has 0 heterocycles. The lowest BCUT2D eigenvalue weighted by Gasteiger charge is -2.19. The van der Waals surface area contributed by atoms with Crippen LogP contribution in [-0.2, 0) is 14.6 Å². The van der Waals surface area contributed by atoms with E-state index in [2.05, 4.69) is 20.8 Å². The molecule has 0 amide bonds. The molecule has 0 N–H and O–H groups in total. The first kappa shape index (κ1) is 22.5. The fourth-order valence-electron chi connectivity index (χ4n) is 3.47. The van der Waals surface area contributed by atoms with E-state index in [1.165, 1.54) is 6.07 Å². The van der Waals surface area contributed by atoms with Crippen LogP contribution in [0.5, 0.6) is 5.75 Å². The first-order valence-electron chi connectivity index (χ1n) is 10.8. The smallest absolute Gasteiger partial charge is 0.165 e. The molecule has 0 spiro atoms. The van der Waals surface area contributed by atoms with Crippen LogP contribution in [0.3, 0.4) is 0 Å². The van der Waals surface area contributed by atoms with Crippen molar-refractivity contribution in [3.63, 3.8) is 0 Å². The lowest BCUT2D eigenvalue weighted by molar-refractivity contribution is 0.0720. The van der Waals surface area contributed by atoms with Gasteiger partial charge in [-0.25, -0.2) is 12.8 Å². The minimum atomic E-state index is -3.20. The van der Waals surface area contributed by atoms with Crippen LogP contribution >= 0.6 is 0 Å². The van der Waals surface area contributed by atoms with Gasteiger partial charge in [0.25, 0.3) is 0 Å². The zero-order valence-corrected chi connectivity index (χ0v) is 18.8. The average Bonchev–Trinajstić information content (AvgIpc) is 3.52. The molecule has 0 unspecified atom stereocenters. The summed E-state index contributed by atoms with van der Waals surface area (Å²) in [5.74, 6) is 0.953. The molecule has 2 saturated carbocycles. The Hall–Kier alpha value is -1.14. The fraction of sp³-hybridized carbons (Fsp3) is 0.739. The summed E-state index contributed by atoms with van der Waals surface area (Å²) in [6, 6.07) is 4.87. The van der Waals surface area contributed by atoms with Gasteiger partial charge in [-0.3, -0.25) is 0 Å². The summed E-state index contributed by atoms with van der Waals surface area (Å²) in [6.45, 7) is 7.90. The lowest BCUT2D eigenvalue weighted by Crippen LogP contribution is -2.21. The summed E-state index contributed by atoms with van der Waals surface area (Å²) >= 11 is 0. The largest absolute Gasteiger partial charge is 0.490 e. The summed E-state index contributed by atoms with van der Waals surface area (Å²) in [7, 11) is -3.20. The molecular weight excluding hydrogens is 391 g/mol. The van der Waals surface area contributed by atoms with E-state index >= 15 is 0 Å². The van der Waals surface area contributed by atoms with E-state index in [-0.39, 0.29) is 34.4 Å². The summed E-state index contributed by atoms with van der Waals surface area (Å²) < 4.78 is 50.8. The second-order valence-corrected chi connectivity index (χ2v) is 12.2. The molecule has 0 bridgehead atoms. The SMILES string of the molecule is CC(C)(C)COCCCS(=O)(=O)C[C@@H](c1ccc(F)c(OCC2CC2)c1)C1CC1. The minimum Gasteiger partial charge on any atom is -0.490 e. The van der Waals surface area contributed by atoms with Gasteiger partial charge in [0.05, 0.1) is 24.7 Å². The summed E-state index contributed by atoms with van der Waals surface area (Å²) in [4.78, 5) is 0. The Kier molecular flexibility index (Phi) is 7.26. The predicted molar refractivity (Wildman–Crippen MR) is 114 cm³/mol. The first-order chi connectivity index (χ1) is 13.6. The van der Waals surface area contributed by atoms with Gasteiger partial charge in [0.1, 0.15) is 0 Å². The third-order valence-corrected chi connectivity index (χ3v) is 7.24. The molecule has 2 aliphatic carbocycles. The monoisotopic (exact) mass is 426 g/mol. The number of sulfone groups is 1. The second kappa shape index (κ2) is 9.34. The van der Waals surface area contributed by atoms with Crippen molar-refractivity contribution in [2.24, 2.45) is 17.3 Å². The molecule has 0 aliphatic heterocycles. The quantitative estimate of drug-likeness (QED) is 0.443. The molecule has 0 saturated heterocycles. The predicted octanol–water partition coefficient (Wildman–Crippen LogP) is 4.98. The Morgan fingerprint density at radius 3 is 2.52 bits per heavy atom. The Balaban J connectivity index is 1.57. The Labute approximate surface area is 175 Å². The Morgan fingerprint density at radius 1 is 1.17 bits per heavy atom. The zero-order valence-electron chi connectivity index (χ0n) is 18.0. The van der Waals surface area contributed by atoms with Crippen molar-refractivity contribution in [2.45, 2.75) is 58.8 Å². The van der Waals surface area contributed by atoms with Gasteiger partial charge in [0.15, 0.2) is 21.4 Å². The highest BCUT2D eigenvalue weighted by atomic mass is 32.2. The highest BCUT2D eigenvalue weighted by molar-refractivity contribution is 7.91. The van der Waals surface area contributed by atoms with E-state index in [0.717, 1.165) is 31.2 Å². The Morgan fingerprint density at radius 2 is 1.90 bits per heavy atom. The van der Waals surface area contributed by atoms with Crippen LogP contribution in [0.1, 0.15) is 64.4 Å². The number of hydrogen-bond acceptors (Lipinski definition) is 4. The molecule has 29 heavy (non-hydrogen) atoms. The van der Waals surface area contributed by atoms with Crippen molar-refractivity contribution < 1.29 is 22.3 Å². The van der Waals surface area contributed by atoms with Gasteiger partial charge >= 0.3 is 0 Å². The van der Waals surface area contributed by atoms with Gasteiger partial charge in [-0.15, -0.1) is 0 Å². The van der Waals surface area contributed by atoms with E-state index in [1.54, 1.807) is 12.1 Å². The first-order valence-corrected chi connectivity index (χ1v) is 12.7. The van der Waals surface area contributed by atoms with Crippen molar-refractivity contribution in [1.82, 2.24) is 0 Å². The van der Waals surface area contributed by atoms with Crippen molar-refractivity contribution >= 4 is 9.84 Å². The van der Waals surface area contributed by atoms with Crippen LogP contribution in [0.2, 0.25) is 0 Å². The van der Waals surface area contributed by atoms with Crippen LogP contribution in [0.15, 0.2) is 18.2 Å². The molecular formula is C23H35FO4S. The molecule has 0 radical (unpaired) electrons. The van der Waals surface area contributed by atoms with Gasteiger partial charge in [0, 0.05) is 12.5 Å². The fourth-order valence-corrected chi connectivity index (χ4v) is 5.21. The van der Waals surface area contributed by atoms with E-state index in [9.17, 15) is 12.8 Å². The minimum absolute atomic E-state index is 0.0812. The van der Waals surface area contributed by atoms with Crippen molar-refractivity contribution in [3.8, 4) is 5.75 Å². The maximum absolute atomic E-state index is 14.1. The highest BCUT2D eigenvalue weighted by Crippen LogP contribution is 2.44. The highest BCUT2D eigenvalue weighted by Gasteiger charge is 2.36. The summed E-state index contributed by atoms with van der Waals surface area (Å²) in [5, 5.41) is 0. The molecule has 1 aromatic rings. The summed E-state index contributed by atoms with van der Waals surface area (Å²) in [5.41, 5.74) is 0.963. The maximum atomic E-state index is 14.1. The molecule has 2 fully saturated rings. The van der Waals surface area contributed by atoms with E-state index in [4.69, 9.17) is 9.47 Å². The van der Waals surface area contributed by atoms with Gasteiger partial charge in [-0.05, 0) is 67.1 Å². The average molecular weight is 427 g/mol. The third kappa shape index (κ3) is 7.89. The van der Waals surface area contributed by atoms with E-state index in [1.807, 2.05) is 0 Å². The number of hydrogen-bond donors (Lipinski definition) is 0. The molecule has 0 aromatic heterocycles. The number of halogens is 1. The van der Waals surface area contributed by atoms with E-state index in [0.29, 0.717) is 38.1 Å². The molecule has 164 valence electrons. The molecule has 2 aliphatic rings. The third-order valence-electron chi connectivity index (χ3n) is 5.46. The van der Waals surface area contributed by atoms with Crippen molar-refractivity contribution in [3.05, 3.63) is 29.6 Å². The molecule has 6 heteroatoms. The van der Waals surface area contributed by atoms with Crippen LogP contribution < -0.4 is 4.74 Å². The van der Waals surface area contributed by atoms with Crippen LogP contribution in [0.4, 0.5) is 4.39 Å². The number of rotatable bonds is 12. The molecule has 4 nitrogen and oxygen atoms in total. The van der Waals surface area contributed by atoms with E-state index < -0.39 is 9.84 Å². The Bertz CT molecular complexity index is 777. The number of ether oxygens (including phenoxy) is 2. The molecule has 3 rings (SSSR count). The maximum Gasteiger partial charge on any atom is 0.165 e. The summed E-state index contributed by atoms with van der Waals surface area (Å²) in [6.07, 6.45) is 4.86. The van der Waals surface area contributed by atoms with Gasteiger partial charge in [-0.1, -0.05) is 26.8 Å². The van der Waals surface area contributed by atoms with Crippen LogP contribution in [0, 0.1) is 23.1 Å². The molecule has 1 atom stereocenters. The normalized spacial score (nSPS) is 18.6. The zero-order chi connectivity index (χ0) is 21.1. The van der Waals surface area contributed by atoms with Gasteiger partial charge < -0.3 is 9.47 Å². The molecule has 1 aromatic carbocycles. The number of benzene rings is 1.